The van der Waals surface area contributed by atoms with Crippen LogP contribution in [0.15, 0.2) is 66.7 Å². The lowest BCUT2D eigenvalue weighted by atomic mass is 10.1. The average molecular weight is 457 g/mol. The smallest absolute Gasteiger partial charge is 0.228 e. The minimum absolute atomic E-state index is 0.118. The van der Waals surface area contributed by atoms with Gasteiger partial charge >= 0.3 is 0 Å². The molecule has 3 aromatic rings. The molecule has 0 radical (unpaired) electrons. The largest absolute Gasteiger partial charge is 0.494 e. The number of amides is 1. The normalized spacial score (nSPS) is 10.7. The van der Waals surface area contributed by atoms with Gasteiger partial charge < -0.3 is 15.4 Å². The third-order valence-electron chi connectivity index (χ3n) is 4.69. The first-order chi connectivity index (χ1) is 14.9. The van der Waals surface area contributed by atoms with Gasteiger partial charge in [-0.15, -0.1) is 0 Å². The summed E-state index contributed by atoms with van der Waals surface area (Å²) in [5.74, 6) is 1.28. The number of nitrogens with one attached hydrogen (secondary N) is 2. The van der Waals surface area contributed by atoms with Crippen molar-refractivity contribution >= 4 is 46.2 Å². The van der Waals surface area contributed by atoms with Crippen LogP contribution in [0, 0.1) is 5.92 Å². The number of para-hydroxylation sites is 2. The molecule has 1 amide bonds. The van der Waals surface area contributed by atoms with Gasteiger partial charge in [0.2, 0.25) is 5.91 Å². The number of rotatable bonds is 9. The van der Waals surface area contributed by atoms with Crippen molar-refractivity contribution in [3.05, 3.63) is 82.3 Å². The molecule has 3 aromatic carbocycles. The van der Waals surface area contributed by atoms with E-state index in [4.69, 9.17) is 27.9 Å². The summed E-state index contributed by atoms with van der Waals surface area (Å²) in [6.45, 7) is 5.01. The number of hydrogen-bond acceptors (Lipinski definition) is 3. The van der Waals surface area contributed by atoms with Crippen molar-refractivity contribution in [3.8, 4) is 5.75 Å². The minimum atomic E-state index is -0.118. The van der Waals surface area contributed by atoms with Crippen LogP contribution in [0.4, 0.5) is 17.1 Å². The van der Waals surface area contributed by atoms with Crippen LogP contribution in [0.2, 0.25) is 10.0 Å². The molecule has 31 heavy (non-hydrogen) atoms. The van der Waals surface area contributed by atoms with Gasteiger partial charge in [-0.2, -0.15) is 0 Å². The number of benzene rings is 3. The van der Waals surface area contributed by atoms with Crippen LogP contribution in [-0.2, 0) is 11.2 Å². The lowest BCUT2D eigenvalue weighted by Gasteiger charge is -2.14. The first kappa shape index (κ1) is 23.0. The Bertz CT molecular complexity index is 1000. The monoisotopic (exact) mass is 456 g/mol. The van der Waals surface area contributed by atoms with Crippen LogP contribution in [0.3, 0.4) is 0 Å². The zero-order chi connectivity index (χ0) is 22.2. The van der Waals surface area contributed by atoms with Crippen LogP contribution in [-0.4, -0.2) is 12.5 Å². The van der Waals surface area contributed by atoms with Crippen molar-refractivity contribution < 1.29 is 9.53 Å². The fraction of sp³-hybridized carbons (Fsp3) is 0.240. The molecule has 3 rings (SSSR count). The van der Waals surface area contributed by atoms with E-state index in [1.165, 1.54) is 0 Å². The highest BCUT2D eigenvalue weighted by Crippen LogP contribution is 2.33. The summed E-state index contributed by atoms with van der Waals surface area (Å²) in [4.78, 5) is 12.6. The molecule has 0 saturated heterocycles. The molecule has 0 spiro atoms. The SMILES string of the molecule is CC(C)CCOc1ccc(NC(=O)Cc2ccccc2Nc2c(Cl)cccc2Cl)cc1. The van der Waals surface area contributed by atoms with Gasteiger partial charge in [-0.3, -0.25) is 4.79 Å². The fourth-order valence-corrected chi connectivity index (χ4v) is 3.47. The van der Waals surface area contributed by atoms with Crippen molar-refractivity contribution in [3.63, 3.8) is 0 Å². The molecule has 0 aliphatic rings. The van der Waals surface area contributed by atoms with E-state index in [0.717, 1.165) is 29.1 Å². The Morgan fingerprint density at radius 3 is 2.29 bits per heavy atom. The van der Waals surface area contributed by atoms with Crippen LogP contribution in [0.1, 0.15) is 25.8 Å². The second-order valence-corrected chi connectivity index (χ2v) is 8.47. The van der Waals surface area contributed by atoms with Gasteiger partial charge in [-0.1, -0.05) is 61.3 Å². The maximum atomic E-state index is 12.6. The Kier molecular flexibility index (Phi) is 8.21. The van der Waals surface area contributed by atoms with Gasteiger partial charge in [0.1, 0.15) is 5.75 Å². The highest BCUT2D eigenvalue weighted by molar-refractivity contribution is 6.39. The van der Waals surface area contributed by atoms with Crippen LogP contribution < -0.4 is 15.4 Å². The number of anilines is 3. The lowest BCUT2D eigenvalue weighted by Crippen LogP contribution is -2.15. The number of hydrogen-bond donors (Lipinski definition) is 2. The predicted molar refractivity (Wildman–Crippen MR) is 130 cm³/mol. The van der Waals surface area contributed by atoms with Crippen LogP contribution >= 0.6 is 23.2 Å². The second kappa shape index (κ2) is 11.1. The van der Waals surface area contributed by atoms with Crippen LogP contribution in [0.5, 0.6) is 5.75 Å². The molecule has 0 unspecified atom stereocenters. The van der Waals surface area contributed by atoms with Gasteiger partial charge in [-0.25, -0.2) is 0 Å². The minimum Gasteiger partial charge on any atom is -0.494 e. The molecular weight excluding hydrogens is 431 g/mol. The quantitative estimate of drug-likeness (QED) is 0.353. The van der Waals surface area contributed by atoms with Crippen molar-refractivity contribution in [2.45, 2.75) is 26.7 Å². The maximum absolute atomic E-state index is 12.6. The summed E-state index contributed by atoms with van der Waals surface area (Å²) in [6.07, 6.45) is 1.21. The van der Waals surface area contributed by atoms with Gasteiger partial charge in [0.25, 0.3) is 0 Å². The number of ether oxygens (including phenoxy) is 1. The van der Waals surface area contributed by atoms with Crippen molar-refractivity contribution in [2.24, 2.45) is 5.92 Å². The Balaban J connectivity index is 1.62. The molecule has 0 fully saturated rings. The van der Waals surface area contributed by atoms with E-state index in [1.807, 2.05) is 48.5 Å². The van der Waals surface area contributed by atoms with E-state index in [2.05, 4.69) is 24.5 Å². The van der Waals surface area contributed by atoms with Crippen molar-refractivity contribution in [1.82, 2.24) is 0 Å². The van der Waals surface area contributed by atoms with Crippen molar-refractivity contribution in [2.75, 3.05) is 17.2 Å². The predicted octanol–water partition coefficient (Wildman–Crippen LogP) is 7.34. The highest BCUT2D eigenvalue weighted by Gasteiger charge is 2.11. The third-order valence-corrected chi connectivity index (χ3v) is 5.32. The summed E-state index contributed by atoms with van der Waals surface area (Å²) in [5, 5.41) is 7.22. The number of carbonyl (C=O) groups is 1. The molecule has 0 heterocycles. The van der Waals surface area contributed by atoms with Gasteiger partial charge in [0.05, 0.1) is 28.8 Å². The van der Waals surface area contributed by atoms with E-state index in [-0.39, 0.29) is 12.3 Å². The molecule has 0 saturated carbocycles. The summed E-state index contributed by atoms with van der Waals surface area (Å²) >= 11 is 12.5. The summed E-state index contributed by atoms with van der Waals surface area (Å²) in [7, 11) is 0. The number of carbonyl (C=O) groups excluding carboxylic acids is 1. The Morgan fingerprint density at radius 1 is 0.935 bits per heavy atom. The van der Waals surface area contributed by atoms with E-state index < -0.39 is 0 Å². The second-order valence-electron chi connectivity index (χ2n) is 7.66. The van der Waals surface area contributed by atoms with E-state index in [9.17, 15) is 4.79 Å². The Hall–Kier alpha value is -2.69. The third kappa shape index (κ3) is 6.91. The van der Waals surface area contributed by atoms with E-state index in [1.54, 1.807) is 18.2 Å². The summed E-state index contributed by atoms with van der Waals surface area (Å²) in [6, 6.07) is 20.3. The zero-order valence-electron chi connectivity index (χ0n) is 17.6. The first-order valence-corrected chi connectivity index (χ1v) is 11.0. The van der Waals surface area contributed by atoms with Gasteiger partial charge in [-0.05, 0) is 60.4 Å². The first-order valence-electron chi connectivity index (χ1n) is 10.2. The topological polar surface area (TPSA) is 50.4 Å². The van der Waals surface area contributed by atoms with Crippen molar-refractivity contribution in [1.29, 1.82) is 0 Å². The highest BCUT2D eigenvalue weighted by atomic mass is 35.5. The summed E-state index contributed by atoms with van der Waals surface area (Å²) < 4.78 is 5.72. The Labute approximate surface area is 193 Å². The molecule has 162 valence electrons. The van der Waals surface area contributed by atoms with Gasteiger partial charge in [0, 0.05) is 11.4 Å². The van der Waals surface area contributed by atoms with Gasteiger partial charge in [0.15, 0.2) is 0 Å². The molecule has 2 N–H and O–H groups in total. The molecule has 0 atom stereocenters. The molecule has 0 aliphatic heterocycles. The molecule has 0 aliphatic carbocycles. The molecule has 0 bridgehead atoms. The molecule has 0 aromatic heterocycles. The molecular formula is C25H26Cl2N2O2. The fourth-order valence-electron chi connectivity index (χ4n) is 2.97. The van der Waals surface area contributed by atoms with E-state index in [0.29, 0.717) is 28.3 Å². The zero-order valence-corrected chi connectivity index (χ0v) is 19.1. The van der Waals surface area contributed by atoms with E-state index >= 15 is 0 Å². The lowest BCUT2D eigenvalue weighted by molar-refractivity contribution is -0.115. The maximum Gasteiger partial charge on any atom is 0.228 e. The average Bonchev–Trinajstić information content (AvgIpc) is 2.73. The van der Waals surface area contributed by atoms with Crippen LogP contribution in [0.25, 0.3) is 0 Å². The molecule has 6 heteroatoms. The Morgan fingerprint density at radius 2 is 1.61 bits per heavy atom. The summed E-state index contributed by atoms with van der Waals surface area (Å²) in [5.41, 5.74) is 2.96. The number of halogens is 2. The molecule has 4 nitrogen and oxygen atoms in total. The standard InChI is InChI=1S/C25H26Cl2N2O2/c1-17(2)14-15-31-20-12-10-19(11-13-20)28-24(30)16-18-6-3-4-9-23(18)29-25-21(26)7-5-8-22(25)27/h3-13,17,29H,14-16H2,1-2H3,(H,28,30).